The lowest BCUT2D eigenvalue weighted by molar-refractivity contribution is -0.142. The van der Waals surface area contributed by atoms with Gasteiger partial charge in [0.25, 0.3) is 0 Å². The number of nitrogens with one attached hydrogen (secondary N) is 1. The zero-order valence-electron chi connectivity index (χ0n) is 10.7. The normalized spacial score (nSPS) is 15.7. The van der Waals surface area contributed by atoms with Crippen molar-refractivity contribution >= 4 is 27.8 Å². The van der Waals surface area contributed by atoms with Crippen molar-refractivity contribution in [2.24, 2.45) is 5.92 Å². The van der Waals surface area contributed by atoms with Crippen LogP contribution in [0.15, 0.2) is 22.7 Å². The predicted octanol–water partition coefficient (Wildman–Crippen LogP) is 2.50. The van der Waals surface area contributed by atoms with Crippen molar-refractivity contribution in [3.63, 3.8) is 0 Å². The molecule has 0 aromatic heterocycles. The van der Waals surface area contributed by atoms with E-state index in [1.807, 2.05) is 0 Å². The average molecular weight is 344 g/mol. The second kappa shape index (κ2) is 6.35. The van der Waals surface area contributed by atoms with Gasteiger partial charge in [-0.3, -0.25) is 4.79 Å². The Morgan fingerprint density at radius 1 is 1.45 bits per heavy atom. The molecular formula is C14H15BrFNO3. The van der Waals surface area contributed by atoms with Gasteiger partial charge in [-0.2, -0.15) is 0 Å². The van der Waals surface area contributed by atoms with E-state index >= 15 is 0 Å². The summed E-state index contributed by atoms with van der Waals surface area (Å²) in [6.45, 7) is 0. The van der Waals surface area contributed by atoms with Gasteiger partial charge in [0.1, 0.15) is 11.9 Å². The van der Waals surface area contributed by atoms with Crippen LogP contribution in [-0.4, -0.2) is 23.0 Å². The SMILES string of the molecule is O=C(Cc1ccc(F)c(Br)c1)NC(CC1CC1)C(=O)O. The fraction of sp³-hybridized carbons (Fsp3) is 0.429. The second-order valence-corrected chi connectivity index (χ2v) is 5.92. The van der Waals surface area contributed by atoms with E-state index in [0.717, 1.165) is 12.8 Å². The molecule has 1 aromatic carbocycles. The van der Waals surface area contributed by atoms with Crippen LogP contribution in [0.5, 0.6) is 0 Å². The van der Waals surface area contributed by atoms with Gasteiger partial charge >= 0.3 is 5.97 Å². The van der Waals surface area contributed by atoms with E-state index in [9.17, 15) is 14.0 Å². The van der Waals surface area contributed by atoms with E-state index in [4.69, 9.17) is 5.11 Å². The van der Waals surface area contributed by atoms with Crippen LogP contribution in [-0.2, 0) is 16.0 Å². The molecule has 20 heavy (non-hydrogen) atoms. The van der Waals surface area contributed by atoms with Crippen LogP contribution in [0.2, 0.25) is 0 Å². The quantitative estimate of drug-likeness (QED) is 0.833. The van der Waals surface area contributed by atoms with Crippen LogP contribution in [0.1, 0.15) is 24.8 Å². The summed E-state index contributed by atoms with van der Waals surface area (Å²) >= 11 is 3.05. The van der Waals surface area contributed by atoms with Gasteiger partial charge in [-0.1, -0.05) is 18.9 Å². The summed E-state index contributed by atoms with van der Waals surface area (Å²) in [5.74, 6) is -1.36. The molecule has 0 bridgehead atoms. The largest absolute Gasteiger partial charge is 0.480 e. The summed E-state index contributed by atoms with van der Waals surface area (Å²) in [6.07, 6.45) is 2.58. The summed E-state index contributed by atoms with van der Waals surface area (Å²) in [7, 11) is 0. The van der Waals surface area contributed by atoms with Gasteiger partial charge in [-0.15, -0.1) is 0 Å². The van der Waals surface area contributed by atoms with E-state index in [1.165, 1.54) is 18.2 Å². The first-order valence-electron chi connectivity index (χ1n) is 6.42. The van der Waals surface area contributed by atoms with Crippen LogP contribution in [0.25, 0.3) is 0 Å². The molecule has 2 N–H and O–H groups in total. The highest BCUT2D eigenvalue weighted by Gasteiger charge is 2.30. The van der Waals surface area contributed by atoms with Gasteiger partial charge in [-0.05, 0) is 46.0 Å². The van der Waals surface area contributed by atoms with Crippen molar-refractivity contribution < 1.29 is 19.1 Å². The molecule has 4 nitrogen and oxygen atoms in total. The first kappa shape index (κ1) is 15.0. The van der Waals surface area contributed by atoms with Crippen LogP contribution < -0.4 is 5.32 Å². The van der Waals surface area contributed by atoms with Crippen molar-refractivity contribution in [2.45, 2.75) is 31.7 Å². The number of hydrogen-bond donors (Lipinski definition) is 2. The zero-order valence-corrected chi connectivity index (χ0v) is 12.3. The molecule has 1 amide bonds. The molecule has 1 unspecified atom stereocenters. The van der Waals surface area contributed by atoms with E-state index in [1.54, 1.807) is 0 Å². The summed E-state index contributed by atoms with van der Waals surface area (Å²) in [5.41, 5.74) is 0.631. The Hall–Kier alpha value is -1.43. The molecule has 108 valence electrons. The average Bonchev–Trinajstić information content (AvgIpc) is 3.17. The minimum Gasteiger partial charge on any atom is -0.480 e. The summed E-state index contributed by atoms with van der Waals surface area (Å²) in [5, 5.41) is 11.6. The van der Waals surface area contributed by atoms with Gasteiger partial charge in [0.2, 0.25) is 5.91 Å². The van der Waals surface area contributed by atoms with Gasteiger partial charge in [0, 0.05) is 0 Å². The standard InChI is InChI=1S/C14H15BrFNO3/c15-10-5-9(3-4-11(10)16)7-13(18)17-12(14(19)20)6-8-1-2-8/h3-5,8,12H,1-2,6-7H2,(H,17,18)(H,19,20). The van der Waals surface area contributed by atoms with Crippen LogP contribution in [0.4, 0.5) is 4.39 Å². The third-order valence-electron chi connectivity index (χ3n) is 3.25. The molecule has 0 radical (unpaired) electrons. The molecular weight excluding hydrogens is 329 g/mol. The Balaban J connectivity index is 1.92. The number of carboxylic acids is 1. The Morgan fingerprint density at radius 2 is 2.15 bits per heavy atom. The minimum atomic E-state index is -1.01. The number of amides is 1. The maximum Gasteiger partial charge on any atom is 0.326 e. The van der Waals surface area contributed by atoms with Crippen LogP contribution >= 0.6 is 15.9 Å². The number of carbonyl (C=O) groups excluding carboxylic acids is 1. The highest BCUT2D eigenvalue weighted by Crippen LogP contribution is 2.33. The fourth-order valence-electron chi connectivity index (χ4n) is 1.99. The third kappa shape index (κ3) is 4.30. The first-order chi connectivity index (χ1) is 9.45. The summed E-state index contributed by atoms with van der Waals surface area (Å²) in [6, 6.07) is 3.46. The van der Waals surface area contributed by atoms with Crippen molar-refractivity contribution in [1.82, 2.24) is 5.32 Å². The molecule has 0 heterocycles. The van der Waals surface area contributed by atoms with E-state index in [2.05, 4.69) is 21.2 Å². The third-order valence-corrected chi connectivity index (χ3v) is 3.86. The lowest BCUT2D eigenvalue weighted by atomic mass is 10.1. The lowest BCUT2D eigenvalue weighted by Crippen LogP contribution is -2.41. The minimum absolute atomic E-state index is 0.0350. The molecule has 0 aliphatic heterocycles. The number of hydrogen-bond acceptors (Lipinski definition) is 2. The van der Waals surface area contributed by atoms with Gasteiger partial charge in [0.15, 0.2) is 0 Å². The first-order valence-corrected chi connectivity index (χ1v) is 7.21. The van der Waals surface area contributed by atoms with Gasteiger partial charge < -0.3 is 10.4 Å². The number of benzene rings is 1. The van der Waals surface area contributed by atoms with Crippen molar-refractivity contribution in [3.05, 3.63) is 34.1 Å². The summed E-state index contributed by atoms with van der Waals surface area (Å²) in [4.78, 5) is 22.9. The molecule has 2 rings (SSSR count). The van der Waals surface area contributed by atoms with E-state index in [0.29, 0.717) is 17.9 Å². The number of carboxylic acid groups (broad SMARTS) is 1. The smallest absolute Gasteiger partial charge is 0.326 e. The highest BCUT2D eigenvalue weighted by molar-refractivity contribution is 9.10. The number of halogens is 2. The van der Waals surface area contributed by atoms with Crippen LogP contribution in [0.3, 0.4) is 0 Å². The maximum atomic E-state index is 13.1. The van der Waals surface area contributed by atoms with Gasteiger partial charge in [0.05, 0.1) is 10.9 Å². The Morgan fingerprint density at radius 3 is 2.70 bits per heavy atom. The number of rotatable bonds is 6. The molecule has 1 aliphatic carbocycles. The van der Waals surface area contributed by atoms with E-state index in [-0.39, 0.29) is 16.8 Å². The molecule has 1 aliphatic rings. The number of carbonyl (C=O) groups is 2. The Labute approximate surface area is 124 Å². The molecule has 1 fully saturated rings. The van der Waals surface area contributed by atoms with E-state index < -0.39 is 17.8 Å². The number of aliphatic carboxylic acids is 1. The second-order valence-electron chi connectivity index (χ2n) is 5.06. The molecule has 1 atom stereocenters. The van der Waals surface area contributed by atoms with Crippen molar-refractivity contribution in [2.75, 3.05) is 0 Å². The fourth-order valence-corrected chi connectivity index (χ4v) is 2.41. The van der Waals surface area contributed by atoms with Crippen LogP contribution in [0, 0.1) is 11.7 Å². The molecule has 1 aromatic rings. The summed E-state index contributed by atoms with van der Waals surface area (Å²) < 4.78 is 13.4. The Bertz CT molecular complexity index is 531. The molecule has 0 saturated heterocycles. The topological polar surface area (TPSA) is 66.4 Å². The highest BCUT2D eigenvalue weighted by atomic mass is 79.9. The lowest BCUT2D eigenvalue weighted by Gasteiger charge is -2.14. The zero-order chi connectivity index (χ0) is 14.7. The Kier molecular flexibility index (Phi) is 4.75. The van der Waals surface area contributed by atoms with Crippen molar-refractivity contribution in [1.29, 1.82) is 0 Å². The predicted molar refractivity (Wildman–Crippen MR) is 74.7 cm³/mol. The molecule has 1 saturated carbocycles. The monoisotopic (exact) mass is 343 g/mol. The van der Waals surface area contributed by atoms with Gasteiger partial charge in [-0.25, -0.2) is 9.18 Å². The van der Waals surface area contributed by atoms with Crippen molar-refractivity contribution in [3.8, 4) is 0 Å². The molecule has 0 spiro atoms. The maximum absolute atomic E-state index is 13.1. The molecule has 6 heteroatoms.